The van der Waals surface area contributed by atoms with E-state index in [1.807, 2.05) is 24.3 Å². The standard InChI is InChI=1S/C6H5N3.CH2OS2/c1-2-4-6-5(3-1)7-9-8-6;2-1(3)4/h1-4H,(H,7,8,9);(H2,2,3,4). The van der Waals surface area contributed by atoms with Gasteiger partial charge in [-0.05, 0) is 24.4 Å². The molecule has 0 saturated carbocycles. The number of aromatic nitrogens is 3. The van der Waals surface area contributed by atoms with Gasteiger partial charge in [0.25, 0.3) is 0 Å². The second-order valence-electron chi connectivity index (χ2n) is 2.11. The summed E-state index contributed by atoms with van der Waals surface area (Å²) in [7, 11) is 0. The van der Waals surface area contributed by atoms with Gasteiger partial charge in [-0.2, -0.15) is 0 Å². The zero-order valence-electron chi connectivity index (χ0n) is 6.51. The number of para-hydroxylation sites is 1. The minimum atomic E-state index is -0.306. The van der Waals surface area contributed by atoms with E-state index in [0.29, 0.717) is 0 Å². The molecule has 0 aliphatic rings. The van der Waals surface area contributed by atoms with E-state index in [9.17, 15) is 0 Å². The molecule has 1 aromatic heterocycles. The van der Waals surface area contributed by atoms with Crippen molar-refractivity contribution >= 4 is 40.3 Å². The Balaban J connectivity index is 0.000000184. The first-order chi connectivity index (χ1) is 6.20. The molecule has 2 rings (SSSR count). The van der Waals surface area contributed by atoms with Crippen LogP contribution in [0.4, 0.5) is 0 Å². The van der Waals surface area contributed by atoms with Crippen molar-refractivity contribution in [2.75, 3.05) is 0 Å². The monoisotopic (exact) mass is 213 g/mol. The highest BCUT2D eigenvalue weighted by Crippen LogP contribution is 2.03. The molecule has 4 nitrogen and oxygen atoms in total. The third-order valence-electron chi connectivity index (χ3n) is 1.23. The number of benzene rings is 1. The first kappa shape index (κ1) is 9.94. The molecular weight excluding hydrogens is 206 g/mol. The summed E-state index contributed by atoms with van der Waals surface area (Å²) in [5, 5.41) is 17.8. The molecule has 2 aromatic rings. The van der Waals surface area contributed by atoms with Crippen LogP contribution in [0.3, 0.4) is 0 Å². The molecule has 0 spiro atoms. The average Bonchev–Trinajstić information content (AvgIpc) is 2.49. The van der Waals surface area contributed by atoms with Crippen LogP contribution in [0, 0.1) is 0 Å². The highest BCUT2D eigenvalue weighted by Gasteiger charge is 1.90. The summed E-state index contributed by atoms with van der Waals surface area (Å²) in [5.74, 6) is 0. The third-order valence-corrected chi connectivity index (χ3v) is 1.23. The Morgan fingerprint density at radius 3 is 2.69 bits per heavy atom. The molecule has 2 N–H and O–H groups in total. The number of nitrogens with one attached hydrogen (secondary N) is 1. The highest BCUT2D eigenvalue weighted by atomic mass is 32.1. The Morgan fingerprint density at radius 1 is 1.46 bits per heavy atom. The highest BCUT2D eigenvalue weighted by molar-refractivity contribution is 8.10. The van der Waals surface area contributed by atoms with Gasteiger partial charge in [-0.3, -0.25) is 5.10 Å². The average molecular weight is 213 g/mol. The molecule has 13 heavy (non-hydrogen) atoms. The van der Waals surface area contributed by atoms with E-state index in [1.54, 1.807) is 0 Å². The predicted molar refractivity (Wildman–Crippen MR) is 58.1 cm³/mol. The van der Waals surface area contributed by atoms with Crippen molar-refractivity contribution in [2.24, 2.45) is 0 Å². The van der Waals surface area contributed by atoms with Crippen molar-refractivity contribution in [3.63, 3.8) is 0 Å². The van der Waals surface area contributed by atoms with E-state index in [-0.39, 0.29) is 4.38 Å². The molecule has 0 bridgehead atoms. The lowest BCUT2D eigenvalue weighted by Crippen LogP contribution is -1.66. The summed E-state index contributed by atoms with van der Waals surface area (Å²) < 4.78 is -0.306. The number of fused-ring (bicyclic) bond motifs is 1. The predicted octanol–water partition coefficient (Wildman–Crippen LogP) is 1.72. The van der Waals surface area contributed by atoms with Crippen LogP contribution in [0.5, 0.6) is 0 Å². The van der Waals surface area contributed by atoms with Crippen LogP contribution in [-0.2, 0) is 0 Å². The van der Waals surface area contributed by atoms with Gasteiger partial charge in [-0.25, -0.2) is 0 Å². The van der Waals surface area contributed by atoms with Crippen molar-refractivity contribution in [3.05, 3.63) is 24.3 Å². The molecular formula is C7H7N3OS2. The van der Waals surface area contributed by atoms with Gasteiger partial charge in [-0.15, -0.1) is 5.10 Å². The van der Waals surface area contributed by atoms with Crippen molar-refractivity contribution in [1.29, 1.82) is 0 Å². The smallest absolute Gasteiger partial charge is 0.214 e. The Labute approximate surface area is 85.4 Å². The number of aliphatic hydroxyl groups excluding tert-OH is 1. The number of H-pyrrole nitrogens is 1. The van der Waals surface area contributed by atoms with Crippen molar-refractivity contribution in [1.82, 2.24) is 15.4 Å². The molecule has 0 unspecified atom stereocenters. The van der Waals surface area contributed by atoms with Gasteiger partial charge >= 0.3 is 0 Å². The van der Waals surface area contributed by atoms with Crippen LogP contribution in [0.2, 0.25) is 0 Å². The van der Waals surface area contributed by atoms with E-state index in [4.69, 9.17) is 5.11 Å². The number of rotatable bonds is 0. The van der Waals surface area contributed by atoms with Crippen LogP contribution in [0.25, 0.3) is 11.0 Å². The van der Waals surface area contributed by atoms with Crippen LogP contribution < -0.4 is 0 Å². The topological polar surface area (TPSA) is 61.8 Å². The summed E-state index contributed by atoms with van der Waals surface area (Å²) in [5.41, 5.74) is 1.90. The van der Waals surface area contributed by atoms with E-state index in [1.165, 1.54) is 0 Å². The first-order valence-corrected chi connectivity index (χ1v) is 4.23. The maximum Gasteiger partial charge on any atom is 0.214 e. The Hall–Kier alpha value is -1.14. The summed E-state index contributed by atoms with van der Waals surface area (Å²) in [6.07, 6.45) is 0. The minimum Gasteiger partial charge on any atom is -0.494 e. The van der Waals surface area contributed by atoms with Crippen LogP contribution >= 0.6 is 24.8 Å². The lowest BCUT2D eigenvalue weighted by molar-refractivity contribution is 0.586. The number of hydrogen-bond acceptors (Lipinski definition) is 3. The molecule has 0 amide bonds. The molecule has 0 aliphatic carbocycles. The van der Waals surface area contributed by atoms with Gasteiger partial charge in [0.2, 0.25) is 4.38 Å². The van der Waals surface area contributed by atoms with Crippen LogP contribution in [0.1, 0.15) is 0 Å². The molecule has 6 heteroatoms. The summed E-state index contributed by atoms with van der Waals surface area (Å²) in [4.78, 5) is 0. The third kappa shape index (κ3) is 3.39. The fourth-order valence-corrected chi connectivity index (χ4v) is 0.788. The number of aromatic amines is 1. The van der Waals surface area contributed by atoms with Gasteiger partial charge < -0.3 is 5.11 Å². The van der Waals surface area contributed by atoms with E-state index >= 15 is 0 Å². The minimum absolute atomic E-state index is 0.306. The SMILES string of the molecule is OC(=S)S.c1ccc2[nH]nnc2c1. The van der Waals surface area contributed by atoms with E-state index in [0.717, 1.165) is 11.0 Å². The quantitative estimate of drug-likeness (QED) is 0.460. The van der Waals surface area contributed by atoms with Gasteiger partial charge in [-0.1, -0.05) is 30.0 Å². The second kappa shape index (κ2) is 4.78. The number of aliphatic hydroxyl groups is 1. The fourth-order valence-electron chi connectivity index (χ4n) is 0.788. The van der Waals surface area contributed by atoms with Gasteiger partial charge in [0, 0.05) is 0 Å². The summed E-state index contributed by atoms with van der Waals surface area (Å²) in [6, 6.07) is 7.74. The Kier molecular flexibility index (Phi) is 3.66. The number of thiocarbonyl (C=S) groups is 1. The second-order valence-corrected chi connectivity index (χ2v) is 3.22. The Morgan fingerprint density at radius 2 is 2.08 bits per heavy atom. The molecule has 68 valence electrons. The van der Waals surface area contributed by atoms with Crippen molar-refractivity contribution in [3.8, 4) is 0 Å². The van der Waals surface area contributed by atoms with Crippen molar-refractivity contribution in [2.45, 2.75) is 0 Å². The molecule has 0 atom stereocenters. The molecule has 0 radical (unpaired) electrons. The maximum absolute atomic E-state index is 7.65. The zero-order chi connectivity index (χ0) is 9.68. The number of thiol groups is 1. The van der Waals surface area contributed by atoms with E-state index < -0.39 is 0 Å². The molecule has 0 aliphatic heterocycles. The molecule has 0 saturated heterocycles. The van der Waals surface area contributed by atoms with Gasteiger partial charge in [0.15, 0.2) is 0 Å². The lowest BCUT2D eigenvalue weighted by atomic mass is 10.3. The fraction of sp³-hybridized carbons (Fsp3) is 0. The Bertz CT molecular complexity index is 367. The summed E-state index contributed by atoms with van der Waals surface area (Å²) in [6.45, 7) is 0. The molecule has 0 fully saturated rings. The molecule has 1 heterocycles. The van der Waals surface area contributed by atoms with E-state index in [2.05, 4.69) is 40.3 Å². The largest absolute Gasteiger partial charge is 0.494 e. The zero-order valence-corrected chi connectivity index (χ0v) is 8.22. The maximum atomic E-state index is 7.65. The number of nitrogens with zero attached hydrogens (tertiary/aromatic N) is 2. The first-order valence-electron chi connectivity index (χ1n) is 3.38. The normalized spacial score (nSPS) is 9.00. The van der Waals surface area contributed by atoms with Gasteiger partial charge in [0.05, 0.1) is 5.52 Å². The van der Waals surface area contributed by atoms with Crippen LogP contribution in [0.15, 0.2) is 24.3 Å². The van der Waals surface area contributed by atoms with Crippen LogP contribution in [-0.4, -0.2) is 24.9 Å². The number of hydrogen-bond donors (Lipinski definition) is 3. The van der Waals surface area contributed by atoms with Crippen molar-refractivity contribution < 1.29 is 5.11 Å². The van der Waals surface area contributed by atoms with Gasteiger partial charge in [0.1, 0.15) is 5.52 Å². The molecule has 1 aromatic carbocycles. The lowest BCUT2D eigenvalue weighted by Gasteiger charge is -1.79. The summed E-state index contributed by atoms with van der Waals surface area (Å²) >= 11 is 7.21.